The number of benzene rings is 2. The molecule has 1 radical (unpaired) electrons. The summed E-state index contributed by atoms with van der Waals surface area (Å²) in [5.41, 5.74) is 5.90. The number of phenolic OH excluding ortho intramolecular Hbond substituents is 1. The molecule has 0 saturated heterocycles. The molecule has 2 nitrogen and oxygen atoms in total. The van der Waals surface area contributed by atoms with E-state index in [4.69, 9.17) is 0 Å². The second-order valence-electron chi connectivity index (χ2n) is 5.50. The van der Waals surface area contributed by atoms with Crippen LogP contribution in [-0.4, -0.2) is 10.8 Å². The molecule has 0 spiro atoms. The van der Waals surface area contributed by atoms with Gasteiger partial charge in [-0.1, -0.05) is 48.6 Å². The fourth-order valence-corrected chi connectivity index (χ4v) is 3.08. The first-order valence-corrected chi connectivity index (χ1v) is 7.41. The normalized spacial score (nSPS) is 18.4. The predicted molar refractivity (Wildman–Crippen MR) is 89.1 cm³/mol. The van der Waals surface area contributed by atoms with E-state index < -0.39 is 0 Å². The maximum Gasteiger partial charge on any atom is 0.216 e. The Morgan fingerprint density at radius 1 is 0.826 bits per heavy atom. The van der Waals surface area contributed by atoms with Crippen molar-refractivity contribution in [1.29, 1.82) is 0 Å². The molecular formula is C20H16CuNO+. The third kappa shape index (κ3) is 2.81. The van der Waals surface area contributed by atoms with Crippen LogP contribution in [0.2, 0.25) is 0 Å². The Hall–Kier alpha value is -2.35. The second-order valence-corrected chi connectivity index (χ2v) is 5.50. The largest absolute Gasteiger partial charge is 0.508 e. The first kappa shape index (κ1) is 15.5. The van der Waals surface area contributed by atoms with Gasteiger partial charge in [0.25, 0.3) is 0 Å². The Balaban J connectivity index is 0.00000156. The summed E-state index contributed by atoms with van der Waals surface area (Å²) >= 11 is 0. The monoisotopic (exact) mass is 349 g/mol. The van der Waals surface area contributed by atoms with Crippen molar-refractivity contribution in [2.75, 3.05) is 0 Å². The zero-order valence-corrected chi connectivity index (χ0v) is 13.3. The molecule has 1 atom stereocenters. The molecule has 2 aliphatic rings. The van der Waals surface area contributed by atoms with E-state index >= 15 is 0 Å². The number of aromatic hydroxyl groups is 1. The summed E-state index contributed by atoms with van der Waals surface area (Å²) in [7, 11) is 0. The number of hydrogen-bond acceptors (Lipinski definition) is 1. The first-order valence-electron chi connectivity index (χ1n) is 7.41. The quantitative estimate of drug-likeness (QED) is 0.803. The van der Waals surface area contributed by atoms with Crippen LogP contribution in [0.4, 0.5) is 0 Å². The molecule has 1 aliphatic heterocycles. The van der Waals surface area contributed by atoms with Crippen molar-refractivity contribution in [3.8, 4) is 5.75 Å². The van der Waals surface area contributed by atoms with Crippen LogP contribution in [-0.2, 0) is 17.1 Å². The Labute approximate surface area is 146 Å². The molecule has 2 aromatic rings. The Morgan fingerprint density at radius 2 is 1.57 bits per heavy atom. The van der Waals surface area contributed by atoms with Crippen LogP contribution < -0.4 is 4.99 Å². The van der Waals surface area contributed by atoms with Gasteiger partial charge < -0.3 is 5.11 Å². The van der Waals surface area contributed by atoms with Gasteiger partial charge in [0.1, 0.15) is 5.75 Å². The van der Waals surface area contributed by atoms with E-state index in [1.54, 1.807) is 12.1 Å². The minimum atomic E-state index is 0. The minimum Gasteiger partial charge on any atom is -0.508 e. The van der Waals surface area contributed by atoms with Crippen LogP contribution in [0.25, 0.3) is 11.3 Å². The SMILES string of the molecule is Oc1ccc(C2=C(c3ccccc3)[NH+]=C3C=CC=CC32)cc1.[Cu]. The summed E-state index contributed by atoms with van der Waals surface area (Å²) in [4.78, 5) is 3.57. The zero-order valence-electron chi connectivity index (χ0n) is 12.3. The van der Waals surface area contributed by atoms with E-state index in [9.17, 15) is 5.11 Å². The molecule has 1 heterocycles. The predicted octanol–water partition coefficient (Wildman–Crippen LogP) is 2.54. The standard InChI is InChI=1S/C20H15NO.Cu/c22-16-12-10-14(11-13-16)19-17-8-4-5-9-18(17)21-20(19)15-6-2-1-3-7-15;/h1-13,17,22H;/p+1. The summed E-state index contributed by atoms with van der Waals surface area (Å²) in [6, 6.07) is 17.8. The van der Waals surface area contributed by atoms with E-state index in [-0.39, 0.29) is 23.0 Å². The van der Waals surface area contributed by atoms with E-state index in [0.29, 0.717) is 5.75 Å². The van der Waals surface area contributed by atoms with Crippen molar-refractivity contribution in [3.05, 3.63) is 90.0 Å². The fraction of sp³-hybridized carbons (Fsp3) is 0.0500. The number of allylic oxidation sites excluding steroid dienone is 5. The molecule has 4 rings (SSSR count). The van der Waals surface area contributed by atoms with Gasteiger partial charge in [-0.15, -0.1) is 0 Å². The van der Waals surface area contributed by atoms with Crippen molar-refractivity contribution in [2.24, 2.45) is 5.92 Å². The van der Waals surface area contributed by atoms with Gasteiger partial charge in [0.05, 0.1) is 5.92 Å². The van der Waals surface area contributed by atoms with E-state index in [0.717, 1.165) is 11.3 Å². The summed E-state index contributed by atoms with van der Waals surface area (Å²) < 4.78 is 0. The first-order chi connectivity index (χ1) is 10.8. The maximum atomic E-state index is 9.55. The van der Waals surface area contributed by atoms with Crippen LogP contribution >= 0.6 is 0 Å². The van der Waals surface area contributed by atoms with Crippen LogP contribution in [0, 0.1) is 5.92 Å². The van der Waals surface area contributed by atoms with E-state index in [1.165, 1.54) is 16.8 Å². The molecule has 0 bridgehead atoms. The fourth-order valence-electron chi connectivity index (χ4n) is 3.08. The summed E-state index contributed by atoms with van der Waals surface area (Å²) in [6.45, 7) is 0. The average Bonchev–Trinajstić information content (AvgIpc) is 2.96. The molecule has 1 unspecified atom stereocenters. The smallest absolute Gasteiger partial charge is 0.216 e. The van der Waals surface area contributed by atoms with Gasteiger partial charge in [0.2, 0.25) is 5.70 Å². The molecule has 0 aromatic heterocycles. The third-order valence-corrected chi connectivity index (χ3v) is 4.12. The van der Waals surface area contributed by atoms with Gasteiger partial charge in [-0.25, -0.2) is 4.99 Å². The van der Waals surface area contributed by atoms with Crippen LogP contribution in [0.15, 0.2) is 78.9 Å². The summed E-state index contributed by atoms with van der Waals surface area (Å²) in [6.07, 6.45) is 8.48. The van der Waals surface area contributed by atoms with Crippen molar-refractivity contribution in [1.82, 2.24) is 0 Å². The third-order valence-electron chi connectivity index (χ3n) is 4.12. The van der Waals surface area contributed by atoms with Crippen LogP contribution in [0.5, 0.6) is 5.75 Å². The number of hydrogen-bond donors (Lipinski definition) is 2. The topological polar surface area (TPSA) is 34.2 Å². The number of rotatable bonds is 2. The molecule has 0 fully saturated rings. The molecule has 3 heteroatoms. The van der Waals surface area contributed by atoms with Crippen LogP contribution in [0.3, 0.4) is 0 Å². The van der Waals surface area contributed by atoms with Crippen LogP contribution in [0.1, 0.15) is 11.1 Å². The number of fused-ring (bicyclic) bond motifs is 1. The van der Waals surface area contributed by atoms with Gasteiger partial charge in [-0.2, -0.15) is 0 Å². The van der Waals surface area contributed by atoms with Gasteiger partial charge in [-0.3, -0.25) is 0 Å². The van der Waals surface area contributed by atoms with Crippen molar-refractivity contribution >= 4 is 17.0 Å². The number of phenols is 1. The van der Waals surface area contributed by atoms with Gasteiger partial charge in [-0.05, 0) is 29.8 Å². The van der Waals surface area contributed by atoms with Crippen molar-refractivity contribution < 1.29 is 27.2 Å². The van der Waals surface area contributed by atoms with E-state index in [1.807, 2.05) is 18.2 Å². The molecule has 117 valence electrons. The Morgan fingerprint density at radius 3 is 2.30 bits per heavy atom. The molecule has 1 aliphatic carbocycles. The number of nitrogens with one attached hydrogen (secondary N) is 1. The molecule has 2 aromatic carbocycles. The van der Waals surface area contributed by atoms with Gasteiger partial charge in [0.15, 0.2) is 5.71 Å². The van der Waals surface area contributed by atoms with Crippen molar-refractivity contribution in [2.45, 2.75) is 0 Å². The molecule has 0 saturated carbocycles. The second kappa shape index (κ2) is 6.41. The minimum absolute atomic E-state index is 0. The van der Waals surface area contributed by atoms with Crippen molar-refractivity contribution in [3.63, 3.8) is 0 Å². The Bertz CT molecular complexity index is 830. The molecular weight excluding hydrogens is 334 g/mol. The molecule has 2 N–H and O–H groups in total. The maximum absolute atomic E-state index is 9.55. The molecule has 23 heavy (non-hydrogen) atoms. The van der Waals surface area contributed by atoms with E-state index in [2.05, 4.69) is 53.6 Å². The van der Waals surface area contributed by atoms with Gasteiger partial charge >= 0.3 is 0 Å². The molecule has 0 amide bonds. The summed E-state index contributed by atoms with van der Waals surface area (Å²) in [5, 5.41) is 9.55. The van der Waals surface area contributed by atoms with Gasteiger partial charge in [0, 0.05) is 34.3 Å². The Kier molecular flexibility index (Phi) is 4.33. The summed E-state index contributed by atoms with van der Waals surface area (Å²) in [5.74, 6) is 0.532. The zero-order chi connectivity index (χ0) is 14.9. The average molecular weight is 350 g/mol.